The molecular formula is C11H28N2Si. The number of hydrogen-bond acceptors (Lipinski definition) is 2. The molecule has 14 heavy (non-hydrogen) atoms. The maximum Gasteiger partial charge on any atom is 0.188 e. The van der Waals surface area contributed by atoms with Crippen LogP contribution in [0.5, 0.6) is 0 Å². The Labute approximate surface area is 91.6 Å². The second kappa shape index (κ2) is 6.59. The van der Waals surface area contributed by atoms with Crippen molar-refractivity contribution in [2.75, 3.05) is 13.1 Å². The predicted octanol–water partition coefficient (Wildman–Crippen LogP) is 2.25. The molecule has 0 aromatic rings. The molecule has 0 aromatic heterocycles. The Morgan fingerprint density at radius 3 is 1.64 bits per heavy atom. The molecule has 0 saturated heterocycles. The second-order valence-electron chi connectivity index (χ2n) is 4.97. The molecule has 0 radical (unpaired) electrons. The predicted molar refractivity (Wildman–Crippen MR) is 68.0 cm³/mol. The smallest absolute Gasteiger partial charge is 0.188 e. The summed E-state index contributed by atoms with van der Waals surface area (Å²) in [5, 5.41) is 0. The van der Waals surface area contributed by atoms with Crippen LogP contribution in [0.15, 0.2) is 0 Å². The third kappa shape index (κ3) is 4.58. The van der Waals surface area contributed by atoms with Crippen molar-refractivity contribution in [3.63, 3.8) is 0 Å². The summed E-state index contributed by atoms with van der Waals surface area (Å²) in [6.07, 6.45) is 1.28. The number of rotatable bonds is 6. The van der Waals surface area contributed by atoms with Gasteiger partial charge in [0.25, 0.3) is 0 Å². The standard InChI is InChI=1S/C11H28N2Si/c1-7-10(11(4,5)6)14(12-8-2)13-9-3/h10,12-14H,7-9H2,1-6H3. The lowest BCUT2D eigenvalue weighted by molar-refractivity contribution is 0.360. The zero-order valence-corrected chi connectivity index (χ0v) is 11.9. The maximum absolute atomic E-state index is 3.67. The van der Waals surface area contributed by atoms with Gasteiger partial charge in [0.05, 0.1) is 0 Å². The van der Waals surface area contributed by atoms with Gasteiger partial charge in [0, 0.05) is 0 Å². The van der Waals surface area contributed by atoms with Crippen LogP contribution < -0.4 is 9.96 Å². The van der Waals surface area contributed by atoms with E-state index in [1.807, 2.05) is 0 Å². The largest absolute Gasteiger partial charge is 0.328 e. The lowest BCUT2D eigenvalue weighted by atomic mass is 9.90. The minimum Gasteiger partial charge on any atom is -0.328 e. The van der Waals surface area contributed by atoms with E-state index in [4.69, 9.17) is 0 Å². The topological polar surface area (TPSA) is 24.1 Å². The average Bonchev–Trinajstić information content (AvgIpc) is 2.03. The van der Waals surface area contributed by atoms with Crippen molar-refractivity contribution in [2.45, 2.75) is 53.5 Å². The first-order valence-corrected chi connectivity index (χ1v) is 7.76. The Balaban J connectivity index is 4.41. The van der Waals surface area contributed by atoms with Gasteiger partial charge in [-0.15, -0.1) is 0 Å². The van der Waals surface area contributed by atoms with Gasteiger partial charge in [-0.05, 0) is 24.0 Å². The summed E-state index contributed by atoms with van der Waals surface area (Å²) in [4.78, 5) is 7.34. The zero-order valence-electron chi connectivity index (χ0n) is 10.8. The fraction of sp³-hybridized carbons (Fsp3) is 1.00. The van der Waals surface area contributed by atoms with Crippen molar-refractivity contribution < 1.29 is 0 Å². The Hall–Kier alpha value is 0.137. The van der Waals surface area contributed by atoms with Gasteiger partial charge in [-0.3, -0.25) is 0 Å². The van der Waals surface area contributed by atoms with Gasteiger partial charge in [0.1, 0.15) is 0 Å². The van der Waals surface area contributed by atoms with Gasteiger partial charge >= 0.3 is 0 Å². The molecule has 0 rings (SSSR count). The highest BCUT2D eigenvalue weighted by atomic mass is 28.3. The first-order chi connectivity index (χ1) is 6.47. The molecule has 0 amide bonds. The minimum absolute atomic E-state index is 0.427. The maximum atomic E-state index is 3.67. The van der Waals surface area contributed by atoms with E-state index >= 15 is 0 Å². The van der Waals surface area contributed by atoms with Crippen molar-refractivity contribution in [1.82, 2.24) is 9.96 Å². The van der Waals surface area contributed by atoms with Crippen molar-refractivity contribution >= 4 is 9.12 Å². The lowest BCUT2D eigenvalue weighted by Crippen LogP contribution is -2.53. The van der Waals surface area contributed by atoms with E-state index < -0.39 is 9.12 Å². The Morgan fingerprint density at radius 1 is 1.00 bits per heavy atom. The summed E-state index contributed by atoms with van der Waals surface area (Å²) in [6.45, 7) is 16.0. The SMILES string of the molecule is CCN[SiH](NCC)C(CC)C(C)(C)C. The minimum atomic E-state index is -0.974. The van der Waals surface area contributed by atoms with Crippen molar-refractivity contribution in [1.29, 1.82) is 0 Å². The molecule has 1 atom stereocenters. The van der Waals surface area contributed by atoms with Gasteiger partial charge in [-0.1, -0.05) is 48.0 Å². The van der Waals surface area contributed by atoms with Crippen LogP contribution in [0.2, 0.25) is 5.54 Å². The highest BCUT2D eigenvalue weighted by Gasteiger charge is 2.31. The Kier molecular flexibility index (Phi) is 6.65. The molecular weight excluding hydrogens is 188 g/mol. The molecule has 0 aromatic carbocycles. The first kappa shape index (κ1) is 14.1. The molecule has 2 nitrogen and oxygen atoms in total. The zero-order chi connectivity index (χ0) is 11.2. The molecule has 0 fully saturated rings. The van der Waals surface area contributed by atoms with Crippen LogP contribution >= 0.6 is 0 Å². The molecule has 0 spiro atoms. The van der Waals surface area contributed by atoms with E-state index in [0.29, 0.717) is 5.41 Å². The van der Waals surface area contributed by atoms with Gasteiger partial charge in [0.2, 0.25) is 0 Å². The molecule has 86 valence electrons. The summed E-state index contributed by atoms with van der Waals surface area (Å²) < 4.78 is 0. The van der Waals surface area contributed by atoms with E-state index in [1.54, 1.807) is 0 Å². The van der Waals surface area contributed by atoms with E-state index in [2.05, 4.69) is 51.5 Å². The Bertz CT molecular complexity index is 137. The van der Waals surface area contributed by atoms with Crippen molar-refractivity contribution in [3.8, 4) is 0 Å². The molecule has 1 unspecified atom stereocenters. The van der Waals surface area contributed by atoms with Crippen LogP contribution in [0.25, 0.3) is 0 Å². The first-order valence-electron chi connectivity index (χ1n) is 5.94. The molecule has 0 aliphatic rings. The van der Waals surface area contributed by atoms with E-state index in [-0.39, 0.29) is 0 Å². The van der Waals surface area contributed by atoms with Gasteiger partial charge in [-0.2, -0.15) is 0 Å². The number of nitrogens with one attached hydrogen (secondary N) is 2. The Morgan fingerprint density at radius 2 is 1.43 bits per heavy atom. The molecule has 0 bridgehead atoms. The summed E-state index contributed by atoms with van der Waals surface area (Å²) >= 11 is 0. The number of hydrogen-bond donors (Lipinski definition) is 2. The lowest BCUT2D eigenvalue weighted by Gasteiger charge is -2.36. The van der Waals surface area contributed by atoms with Gasteiger partial charge in [0.15, 0.2) is 9.12 Å². The summed E-state index contributed by atoms with van der Waals surface area (Å²) in [7, 11) is -0.974. The normalized spacial score (nSPS) is 14.8. The average molecular weight is 216 g/mol. The summed E-state index contributed by atoms with van der Waals surface area (Å²) in [5.74, 6) is 0. The highest BCUT2D eigenvalue weighted by Crippen LogP contribution is 2.34. The quantitative estimate of drug-likeness (QED) is 0.666. The fourth-order valence-electron chi connectivity index (χ4n) is 2.14. The fourth-order valence-corrected chi connectivity index (χ4v) is 5.21. The van der Waals surface area contributed by atoms with Crippen LogP contribution in [0.4, 0.5) is 0 Å². The molecule has 0 saturated carbocycles. The highest BCUT2D eigenvalue weighted by molar-refractivity contribution is 6.55. The van der Waals surface area contributed by atoms with Gasteiger partial charge < -0.3 is 9.96 Å². The third-order valence-electron chi connectivity index (χ3n) is 2.80. The van der Waals surface area contributed by atoms with E-state index in [0.717, 1.165) is 18.6 Å². The molecule has 2 N–H and O–H groups in total. The second-order valence-corrected chi connectivity index (χ2v) is 7.55. The van der Waals surface area contributed by atoms with Crippen LogP contribution in [0, 0.1) is 5.41 Å². The third-order valence-corrected chi connectivity index (χ3v) is 6.77. The van der Waals surface area contributed by atoms with Gasteiger partial charge in [-0.25, -0.2) is 0 Å². The van der Waals surface area contributed by atoms with Crippen molar-refractivity contribution in [2.24, 2.45) is 5.41 Å². The van der Waals surface area contributed by atoms with E-state index in [9.17, 15) is 0 Å². The van der Waals surface area contributed by atoms with Crippen LogP contribution in [-0.2, 0) is 0 Å². The van der Waals surface area contributed by atoms with Crippen molar-refractivity contribution in [3.05, 3.63) is 0 Å². The van der Waals surface area contributed by atoms with Crippen LogP contribution in [0.1, 0.15) is 48.0 Å². The molecule has 0 heterocycles. The molecule has 3 heteroatoms. The monoisotopic (exact) mass is 216 g/mol. The molecule has 0 aliphatic heterocycles. The summed E-state index contributed by atoms with van der Waals surface area (Å²) in [6, 6.07) is 0. The van der Waals surface area contributed by atoms with E-state index in [1.165, 1.54) is 6.42 Å². The summed E-state index contributed by atoms with van der Waals surface area (Å²) in [5.41, 5.74) is 1.25. The van der Waals surface area contributed by atoms with Crippen LogP contribution in [-0.4, -0.2) is 22.2 Å². The van der Waals surface area contributed by atoms with Crippen LogP contribution in [0.3, 0.4) is 0 Å². The molecule has 0 aliphatic carbocycles.